The van der Waals surface area contributed by atoms with Gasteiger partial charge in [-0.05, 0) is 12.3 Å². The molecular weight excluding hydrogens is 374 g/mol. The maximum Gasteiger partial charge on any atom is 0.248 e. The number of fused-ring (bicyclic) bond motifs is 1. The summed E-state index contributed by atoms with van der Waals surface area (Å²) in [5, 5.41) is 38.2. The van der Waals surface area contributed by atoms with Crippen molar-refractivity contribution >= 4 is 22.9 Å². The van der Waals surface area contributed by atoms with E-state index >= 15 is 0 Å². The summed E-state index contributed by atoms with van der Waals surface area (Å²) in [6, 6.07) is 0. The van der Waals surface area contributed by atoms with Gasteiger partial charge >= 0.3 is 0 Å². The van der Waals surface area contributed by atoms with Crippen molar-refractivity contribution in [3.8, 4) is 5.88 Å². The average molecular weight is 399 g/mol. The highest BCUT2D eigenvalue weighted by Crippen LogP contribution is 2.32. The van der Waals surface area contributed by atoms with Crippen LogP contribution in [-0.2, 0) is 4.74 Å². The third kappa shape index (κ3) is 4.16. The van der Waals surface area contributed by atoms with Crippen molar-refractivity contribution in [3.05, 3.63) is 0 Å². The molecule has 0 radical (unpaired) electrons. The molecule has 10 nitrogen and oxygen atoms in total. The van der Waals surface area contributed by atoms with Gasteiger partial charge in [-0.25, -0.2) is 4.98 Å². The van der Waals surface area contributed by atoms with Crippen LogP contribution in [0.25, 0.3) is 11.2 Å². The molecule has 1 saturated heterocycles. The van der Waals surface area contributed by atoms with Crippen LogP contribution in [0.1, 0.15) is 33.4 Å². The summed E-state index contributed by atoms with van der Waals surface area (Å²) in [5.41, 5.74) is 0.700. The van der Waals surface area contributed by atoms with Gasteiger partial charge in [0.15, 0.2) is 22.5 Å². The van der Waals surface area contributed by atoms with E-state index in [0.29, 0.717) is 34.7 Å². The summed E-state index contributed by atoms with van der Waals surface area (Å²) in [6.07, 6.45) is -3.46. The molecule has 3 heterocycles. The predicted molar refractivity (Wildman–Crippen MR) is 97.5 cm³/mol. The van der Waals surface area contributed by atoms with Crippen LogP contribution >= 0.6 is 11.8 Å². The van der Waals surface area contributed by atoms with Gasteiger partial charge in [-0.3, -0.25) is 0 Å². The van der Waals surface area contributed by atoms with E-state index in [1.807, 2.05) is 13.8 Å². The lowest BCUT2D eigenvalue weighted by Gasteiger charge is -2.15. The number of ether oxygens (including phenoxy) is 2. The number of aliphatic hydroxyl groups excluding tert-OH is 3. The normalized spacial score (nSPS) is 25.6. The lowest BCUT2D eigenvalue weighted by Crippen LogP contribution is -2.33. The predicted octanol–water partition coefficient (Wildman–Crippen LogP) is 0.370. The fourth-order valence-electron chi connectivity index (χ4n) is 2.64. The van der Waals surface area contributed by atoms with Crippen LogP contribution in [0, 0.1) is 5.92 Å². The van der Waals surface area contributed by atoms with E-state index in [9.17, 15) is 15.3 Å². The summed E-state index contributed by atoms with van der Waals surface area (Å²) in [6.45, 7) is 6.16. The molecule has 4 atom stereocenters. The third-order valence-electron chi connectivity index (χ3n) is 4.02. The number of thioether (sulfide) groups is 1. The number of aliphatic hydroxyl groups is 3. The number of rotatable bonds is 8. The number of aromatic nitrogens is 5. The molecule has 2 aromatic heterocycles. The third-order valence-corrected chi connectivity index (χ3v) is 5.07. The minimum absolute atomic E-state index is 0.303. The average Bonchev–Trinajstić information content (AvgIpc) is 3.19. The van der Waals surface area contributed by atoms with Crippen LogP contribution in [0.3, 0.4) is 0 Å². The molecule has 11 heteroatoms. The van der Waals surface area contributed by atoms with E-state index in [4.69, 9.17) is 9.47 Å². The second kappa shape index (κ2) is 8.65. The van der Waals surface area contributed by atoms with E-state index in [1.165, 1.54) is 16.4 Å². The first-order chi connectivity index (χ1) is 13.0. The molecule has 150 valence electrons. The first-order valence-electron chi connectivity index (χ1n) is 8.97. The maximum atomic E-state index is 10.3. The number of hydrogen-bond donors (Lipinski definition) is 3. The Labute approximate surface area is 160 Å². The SMILES string of the molecule is CCCSc1nc(OCC(C)C)c2nnn([C@@H]3O[C@H](CO)[C@@H](O)[C@H]3O)c2n1. The lowest BCUT2D eigenvalue weighted by molar-refractivity contribution is -0.0575. The van der Waals surface area contributed by atoms with Gasteiger partial charge in [-0.1, -0.05) is 37.7 Å². The van der Waals surface area contributed by atoms with Gasteiger partial charge in [0.25, 0.3) is 0 Å². The van der Waals surface area contributed by atoms with E-state index in [1.54, 1.807) is 0 Å². The van der Waals surface area contributed by atoms with Gasteiger partial charge < -0.3 is 24.8 Å². The Morgan fingerprint density at radius 1 is 1.26 bits per heavy atom. The van der Waals surface area contributed by atoms with Gasteiger partial charge in [-0.15, -0.1) is 5.10 Å². The van der Waals surface area contributed by atoms with Gasteiger partial charge in [-0.2, -0.15) is 9.67 Å². The van der Waals surface area contributed by atoms with Crippen LogP contribution < -0.4 is 4.74 Å². The molecule has 0 unspecified atom stereocenters. The minimum atomic E-state index is -1.27. The van der Waals surface area contributed by atoms with Crippen LogP contribution in [0.15, 0.2) is 5.16 Å². The van der Waals surface area contributed by atoms with E-state index in [2.05, 4.69) is 27.2 Å². The molecule has 1 aliphatic rings. The van der Waals surface area contributed by atoms with Crippen LogP contribution in [0.4, 0.5) is 0 Å². The number of nitrogens with zero attached hydrogens (tertiary/aromatic N) is 5. The van der Waals surface area contributed by atoms with Crippen molar-refractivity contribution in [1.29, 1.82) is 0 Å². The molecule has 0 aromatic carbocycles. The molecule has 2 aromatic rings. The highest BCUT2D eigenvalue weighted by molar-refractivity contribution is 7.99. The Morgan fingerprint density at radius 3 is 2.67 bits per heavy atom. The van der Waals surface area contributed by atoms with Crippen LogP contribution in [-0.4, -0.2) is 77.6 Å². The lowest BCUT2D eigenvalue weighted by atomic mass is 10.1. The first kappa shape index (κ1) is 20.2. The second-order valence-electron chi connectivity index (χ2n) is 6.80. The minimum Gasteiger partial charge on any atom is -0.476 e. The van der Waals surface area contributed by atoms with Crippen LogP contribution in [0.5, 0.6) is 5.88 Å². The summed E-state index contributed by atoms with van der Waals surface area (Å²) >= 11 is 1.48. The van der Waals surface area contributed by atoms with Crippen molar-refractivity contribution < 1.29 is 24.8 Å². The van der Waals surface area contributed by atoms with Crippen molar-refractivity contribution in [1.82, 2.24) is 25.0 Å². The molecule has 27 heavy (non-hydrogen) atoms. The zero-order valence-corrected chi connectivity index (χ0v) is 16.3. The zero-order valence-electron chi connectivity index (χ0n) is 15.5. The maximum absolute atomic E-state index is 10.3. The quantitative estimate of drug-likeness (QED) is 0.422. The standard InChI is InChI=1S/C16H25N5O5S/c1-4-5-27-16-17-13-10(14(18-16)25-7-8(2)3)19-20-21(13)15-12(24)11(23)9(6-22)26-15/h8-9,11-12,15,22-24H,4-7H2,1-3H3/t9-,11-,12-,15-/m1/s1. The fraction of sp³-hybridized carbons (Fsp3) is 0.750. The smallest absolute Gasteiger partial charge is 0.248 e. The fourth-order valence-corrected chi connectivity index (χ4v) is 3.33. The second-order valence-corrected chi connectivity index (χ2v) is 7.86. The largest absolute Gasteiger partial charge is 0.476 e. The monoisotopic (exact) mass is 399 g/mol. The van der Waals surface area contributed by atoms with Gasteiger partial charge in [0.1, 0.15) is 18.3 Å². The Bertz CT molecular complexity index is 773. The highest BCUT2D eigenvalue weighted by Gasteiger charge is 2.44. The van der Waals surface area contributed by atoms with Gasteiger partial charge in [0, 0.05) is 5.75 Å². The van der Waals surface area contributed by atoms with E-state index < -0.39 is 31.1 Å². The molecule has 0 spiro atoms. The molecule has 1 aliphatic heterocycles. The van der Waals surface area contributed by atoms with Gasteiger partial charge in [0.2, 0.25) is 5.88 Å². The highest BCUT2D eigenvalue weighted by atomic mass is 32.2. The van der Waals surface area contributed by atoms with Crippen LogP contribution in [0.2, 0.25) is 0 Å². The Kier molecular flexibility index (Phi) is 6.48. The summed E-state index contributed by atoms with van der Waals surface area (Å²) in [7, 11) is 0. The molecule has 3 rings (SSSR count). The summed E-state index contributed by atoms with van der Waals surface area (Å²) in [4.78, 5) is 8.93. The topological polar surface area (TPSA) is 136 Å². The number of hydrogen-bond acceptors (Lipinski definition) is 10. The first-order valence-corrected chi connectivity index (χ1v) is 9.95. The Hall–Kier alpha value is -1.53. The van der Waals surface area contributed by atoms with E-state index in [-0.39, 0.29) is 0 Å². The van der Waals surface area contributed by atoms with Crippen molar-refractivity contribution in [3.63, 3.8) is 0 Å². The van der Waals surface area contributed by atoms with E-state index in [0.717, 1.165) is 12.2 Å². The molecule has 1 fully saturated rings. The molecule has 0 saturated carbocycles. The molecule has 0 amide bonds. The van der Waals surface area contributed by atoms with Crippen molar-refractivity contribution in [2.45, 2.75) is 56.9 Å². The molecule has 3 N–H and O–H groups in total. The zero-order chi connectivity index (χ0) is 19.6. The summed E-state index contributed by atoms with van der Waals surface area (Å²) in [5.74, 6) is 1.47. The molecule has 0 aliphatic carbocycles. The van der Waals surface area contributed by atoms with Crippen molar-refractivity contribution in [2.24, 2.45) is 5.92 Å². The Morgan fingerprint density at radius 2 is 2.04 bits per heavy atom. The Balaban J connectivity index is 2.00. The van der Waals surface area contributed by atoms with Gasteiger partial charge in [0.05, 0.1) is 13.2 Å². The van der Waals surface area contributed by atoms with Crippen molar-refractivity contribution in [2.75, 3.05) is 19.0 Å². The molecular formula is C16H25N5O5S. The molecule has 0 bridgehead atoms. The summed E-state index contributed by atoms with van der Waals surface area (Å²) < 4.78 is 12.6.